The van der Waals surface area contributed by atoms with Crippen molar-refractivity contribution < 1.29 is 19.1 Å². The number of benzene rings is 1. The van der Waals surface area contributed by atoms with Gasteiger partial charge in [-0.05, 0) is 68.2 Å². The molecule has 8 heteroatoms. The van der Waals surface area contributed by atoms with E-state index in [4.69, 9.17) is 9.47 Å². The predicted molar refractivity (Wildman–Crippen MR) is 111 cm³/mol. The first-order chi connectivity index (χ1) is 14.2. The van der Waals surface area contributed by atoms with Crippen LogP contribution < -0.4 is 10.1 Å². The quantitative estimate of drug-likeness (QED) is 0.357. The lowest BCUT2D eigenvalue weighted by Gasteiger charge is -2.31. The molecule has 3 amide bonds. The molecule has 3 fully saturated rings. The maximum absolute atomic E-state index is 11.5. The number of carbonyl (C=O) groups is 2. The van der Waals surface area contributed by atoms with E-state index in [1.165, 1.54) is 22.6 Å². The van der Waals surface area contributed by atoms with Crippen molar-refractivity contribution in [3.05, 3.63) is 24.3 Å². The number of carbonyl (C=O) groups excluding carboxylic acids is 2. The zero-order valence-electron chi connectivity index (χ0n) is 16.7. The lowest BCUT2D eigenvalue weighted by atomic mass is 10.1. The summed E-state index contributed by atoms with van der Waals surface area (Å²) >= 11 is 1.77. The summed E-state index contributed by atoms with van der Waals surface area (Å²) in [5.41, 5.74) is 0. The molecule has 0 spiro atoms. The molecule has 1 atom stereocenters. The second-order valence-corrected chi connectivity index (χ2v) is 9.14. The van der Waals surface area contributed by atoms with Gasteiger partial charge >= 0.3 is 6.03 Å². The Morgan fingerprint density at radius 2 is 2.10 bits per heavy atom. The van der Waals surface area contributed by atoms with Crippen LogP contribution in [-0.2, 0) is 9.53 Å². The topological polar surface area (TPSA) is 71.1 Å². The van der Waals surface area contributed by atoms with Crippen LogP contribution in [0.1, 0.15) is 32.1 Å². The van der Waals surface area contributed by atoms with Crippen molar-refractivity contribution in [3.8, 4) is 5.75 Å². The van der Waals surface area contributed by atoms with Crippen LogP contribution in [0.3, 0.4) is 0 Å². The van der Waals surface area contributed by atoms with E-state index >= 15 is 0 Å². The van der Waals surface area contributed by atoms with Crippen LogP contribution in [0, 0.1) is 5.92 Å². The SMILES string of the molecule is O=C1CN(CCCOC2CCCN(Sc3cccc(OCC4CC4)c3)C2)C(=O)N1. The van der Waals surface area contributed by atoms with Crippen molar-refractivity contribution in [3.63, 3.8) is 0 Å². The van der Waals surface area contributed by atoms with Gasteiger partial charge < -0.3 is 14.4 Å². The summed E-state index contributed by atoms with van der Waals surface area (Å²) in [4.78, 5) is 25.5. The largest absolute Gasteiger partial charge is 0.493 e. The first kappa shape index (κ1) is 20.5. The molecule has 29 heavy (non-hydrogen) atoms. The standard InChI is InChI=1S/C21H29N3O4S/c25-20-14-23(21(26)22-20)9-3-11-27-18-5-2-10-24(13-18)29-19-6-1-4-17(12-19)28-15-16-7-8-16/h1,4,6,12,16,18H,2-3,5,7-11,13-15H2,(H,22,25,26). The third-order valence-electron chi connectivity index (χ3n) is 5.36. The van der Waals surface area contributed by atoms with Gasteiger partial charge in [0.25, 0.3) is 0 Å². The third kappa shape index (κ3) is 6.35. The molecular formula is C21H29N3O4S. The fourth-order valence-corrected chi connectivity index (χ4v) is 4.63. The highest BCUT2D eigenvalue weighted by molar-refractivity contribution is 7.97. The van der Waals surface area contributed by atoms with E-state index in [1.807, 2.05) is 6.07 Å². The molecule has 7 nitrogen and oxygen atoms in total. The van der Waals surface area contributed by atoms with E-state index < -0.39 is 0 Å². The molecule has 1 aliphatic carbocycles. The molecule has 0 radical (unpaired) electrons. The summed E-state index contributed by atoms with van der Waals surface area (Å²) in [6, 6.07) is 8.05. The Morgan fingerprint density at radius 3 is 2.90 bits per heavy atom. The summed E-state index contributed by atoms with van der Waals surface area (Å²) in [5.74, 6) is 1.49. The van der Waals surface area contributed by atoms with Crippen molar-refractivity contribution in [1.82, 2.24) is 14.5 Å². The lowest BCUT2D eigenvalue weighted by Crippen LogP contribution is -2.36. The maximum Gasteiger partial charge on any atom is 0.324 e. The third-order valence-corrected chi connectivity index (χ3v) is 6.41. The number of piperidine rings is 1. The minimum atomic E-state index is -0.293. The number of nitrogens with zero attached hydrogens (tertiary/aromatic N) is 2. The van der Waals surface area contributed by atoms with E-state index in [9.17, 15) is 9.59 Å². The van der Waals surface area contributed by atoms with Gasteiger partial charge in [-0.1, -0.05) is 6.07 Å². The van der Waals surface area contributed by atoms with Crippen LogP contribution in [0.5, 0.6) is 5.75 Å². The van der Waals surface area contributed by atoms with Crippen LogP contribution in [-0.4, -0.2) is 66.6 Å². The lowest BCUT2D eigenvalue weighted by molar-refractivity contribution is -0.118. The summed E-state index contributed by atoms with van der Waals surface area (Å²) < 4.78 is 14.3. The minimum Gasteiger partial charge on any atom is -0.493 e. The Morgan fingerprint density at radius 1 is 1.21 bits per heavy atom. The van der Waals surface area contributed by atoms with Gasteiger partial charge in [0.15, 0.2) is 0 Å². The average molecular weight is 420 g/mol. The molecule has 1 saturated carbocycles. The maximum atomic E-state index is 11.5. The Bertz CT molecular complexity index is 728. The van der Waals surface area contributed by atoms with Gasteiger partial charge in [0.1, 0.15) is 12.3 Å². The van der Waals surface area contributed by atoms with Gasteiger partial charge in [-0.2, -0.15) is 0 Å². The predicted octanol–water partition coefficient (Wildman–Crippen LogP) is 2.91. The number of amides is 3. The highest BCUT2D eigenvalue weighted by Gasteiger charge is 2.26. The second kappa shape index (κ2) is 9.82. The average Bonchev–Trinajstić information content (AvgIpc) is 3.48. The van der Waals surface area contributed by atoms with E-state index in [1.54, 1.807) is 11.9 Å². The van der Waals surface area contributed by atoms with Crippen LogP contribution >= 0.6 is 11.9 Å². The molecule has 2 saturated heterocycles. The molecule has 1 aromatic rings. The Balaban J connectivity index is 1.17. The number of imide groups is 1. The highest BCUT2D eigenvalue weighted by atomic mass is 32.2. The Kier molecular flexibility index (Phi) is 6.94. The zero-order valence-corrected chi connectivity index (χ0v) is 17.5. The smallest absolute Gasteiger partial charge is 0.324 e. The molecule has 1 unspecified atom stereocenters. The number of ether oxygens (including phenoxy) is 2. The molecule has 4 rings (SSSR count). The van der Waals surface area contributed by atoms with E-state index in [0.717, 1.165) is 50.6 Å². The molecular weight excluding hydrogens is 390 g/mol. The van der Waals surface area contributed by atoms with Gasteiger partial charge in [0.2, 0.25) is 5.91 Å². The van der Waals surface area contributed by atoms with E-state index in [2.05, 4.69) is 27.8 Å². The molecule has 3 aliphatic rings. The highest BCUT2D eigenvalue weighted by Crippen LogP contribution is 2.32. The number of hydrogen-bond donors (Lipinski definition) is 1. The number of nitrogens with one attached hydrogen (secondary N) is 1. The molecule has 0 bridgehead atoms. The van der Waals surface area contributed by atoms with Crippen molar-refractivity contribution in [2.45, 2.75) is 43.1 Å². The fraction of sp³-hybridized carbons (Fsp3) is 0.619. The van der Waals surface area contributed by atoms with Crippen molar-refractivity contribution in [2.24, 2.45) is 5.92 Å². The fourth-order valence-electron chi connectivity index (χ4n) is 3.56. The Labute approximate surface area is 176 Å². The van der Waals surface area contributed by atoms with Gasteiger partial charge in [-0.15, -0.1) is 0 Å². The first-order valence-corrected chi connectivity index (χ1v) is 11.3. The Hall–Kier alpha value is -1.77. The van der Waals surface area contributed by atoms with Gasteiger partial charge in [0.05, 0.1) is 12.7 Å². The summed E-state index contributed by atoms with van der Waals surface area (Å²) in [7, 11) is 0. The van der Waals surface area contributed by atoms with E-state index in [0.29, 0.717) is 13.2 Å². The van der Waals surface area contributed by atoms with E-state index in [-0.39, 0.29) is 24.6 Å². The number of hydrogen-bond acceptors (Lipinski definition) is 6. The molecule has 1 aromatic carbocycles. The van der Waals surface area contributed by atoms with Gasteiger partial charge in [-0.3, -0.25) is 10.1 Å². The number of urea groups is 1. The molecule has 158 valence electrons. The van der Waals surface area contributed by atoms with Crippen LogP contribution in [0.15, 0.2) is 29.2 Å². The second-order valence-electron chi connectivity index (χ2n) is 7.97. The number of rotatable bonds is 10. The zero-order chi connectivity index (χ0) is 20.1. The molecule has 1 N–H and O–H groups in total. The normalized spacial score (nSPS) is 22.8. The van der Waals surface area contributed by atoms with Gasteiger partial charge in [0, 0.05) is 31.1 Å². The van der Waals surface area contributed by atoms with Crippen LogP contribution in [0.4, 0.5) is 4.79 Å². The summed E-state index contributed by atoms with van der Waals surface area (Å²) in [6.07, 6.45) is 5.72. The van der Waals surface area contributed by atoms with Crippen molar-refractivity contribution in [2.75, 3.05) is 39.4 Å². The monoisotopic (exact) mass is 419 g/mol. The van der Waals surface area contributed by atoms with Crippen LogP contribution in [0.2, 0.25) is 0 Å². The molecule has 2 aliphatic heterocycles. The molecule has 0 aromatic heterocycles. The van der Waals surface area contributed by atoms with Crippen LogP contribution in [0.25, 0.3) is 0 Å². The van der Waals surface area contributed by atoms with Crippen molar-refractivity contribution in [1.29, 1.82) is 0 Å². The van der Waals surface area contributed by atoms with Gasteiger partial charge in [-0.25, -0.2) is 9.10 Å². The first-order valence-electron chi connectivity index (χ1n) is 10.5. The van der Waals surface area contributed by atoms with Crippen molar-refractivity contribution >= 4 is 23.9 Å². The minimum absolute atomic E-state index is 0.163. The molecule has 2 heterocycles. The summed E-state index contributed by atoms with van der Waals surface area (Å²) in [6.45, 7) is 4.09. The summed E-state index contributed by atoms with van der Waals surface area (Å²) in [5, 5.41) is 2.30.